The summed E-state index contributed by atoms with van der Waals surface area (Å²) in [5, 5.41) is 3.31. The molecule has 0 saturated heterocycles. The van der Waals surface area contributed by atoms with Gasteiger partial charge in [0, 0.05) is 20.2 Å². The van der Waals surface area contributed by atoms with Crippen molar-refractivity contribution in [3.8, 4) is 5.75 Å². The standard InChI is InChI=1S/C16H24FNO2/c1-12(2)14(11-18-7-8-19-3)9-13-5-6-16(20-4)15(17)10-13/h5-6,9-10,12,18H,7-8,11H2,1-4H3. The summed E-state index contributed by atoms with van der Waals surface area (Å²) in [5.41, 5.74) is 2.08. The first-order chi connectivity index (χ1) is 9.58. The highest BCUT2D eigenvalue weighted by molar-refractivity contribution is 5.55. The fourth-order valence-electron chi connectivity index (χ4n) is 1.82. The van der Waals surface area contributed by atoms with E-state index >= 15 is 0 Å². The van der Waals surface area contributed by atoms with Crippen LogP contribution in [0.15, 0.2) is 23.8 Å². The van der Waals surface area contributed by atoms with E-state index in [9.17, 15) is 4.39 Å². The number of ether oxygens (including phenoxy) is 2. The summed E-state index contributed by atoms with van der Waals surface area (Å²) < 4.78 is 23.6. The van der Waals surface area contributed by atoms with Crippen LogP contribution >= 0.6 is 0 Å². The highest BCUT2D eigenvalue weighted by atomic mass is 19.1. The van der Waals surface area contributed by atoms with Crippen LogP contribution in [0.1, 0.15) is 19.4 Å². The lowest BCUT2D eigenvalue weighted by atomic mass is 10.00. The first-order valence-electron chi connectivity index (χ1n) is 6.82. The number of benzene rings is 1. The molecule has 0 saturated carbocycles. The number of nitrogens with one attached hydrogen (secondary N) is 1. The molecule has 1 aromatic carbocycles. The molecule has 1 rings (SSSR count). The minimum atomic E-state index is -0.336. The van der Waals surface area contributed by atoms with Crippen LogP contribution in [0.3, 0.4) is 0 Å². The molecule has 1 N–H and O–H groups in total. The Bertz CT molecular complexity index is 444. The molecule has 112 valence electrons. The third-order valence-corrected chi connectivity index (χ3v) is 3.08. The minimum Gasteiger partial charge on any atom is -0.494 e. The van der Waals surface area contributed by atoms with Crippen LogP contribution in [0.25, 0.3) is 6.08 Å². The van der Waals surface area contributed by atoms with Crippen molar-refractivity contribution in [1.29, 1.82) is 0 Å². The monoisotopic (exact) mass is 281 g/mol. The van der Waals surface area contributed by atoms with Gasteiger partial charge in [-0.15, -0.1) is 0 Å². The lowest BCUT2D eigenvalue weighted by Gasteiger charge is -2.13. The topological polar surface area (TPSA) is 30.5 Å². The molecule has 0 bridgehead atoms. The predicted molar refractivity (Wildman–Crippen MR) is 80.5 cm³/mol. The summed E-state index contributed by atoms with van der Waals surface area (Å²) in [4.78, 5) is 0. The molecule has 0 radical (unpaired) electrons. The molecule has 0 heterocycles. The third kappa shape index (κ3) is 5.31. The molecule has 1 aromatic rings. The Morgan fingerprint density at radius 1 is 1.35 bits per heavy atom. The summed E-state index contributed by atoms with van der Waals surface area (Å²) in [6, 6.07) is 5.01. The van der Waals surface area contributed by atoms with Crippen molar-refractivity contribution in [3.05, 3.63) is 35.2 Å². The van der Waals surface area contributed by atoms with Crippen LogP contribution in [0.2, 0.25) is 0 Å². The molecule has 4 heteroatoms. The second-order valence-electron chi connectivity index (χ2n) is 4.94. The second kappa shape index (κ2) is 8.72. The van der Waals surface area contributed by atoms with E-state index in [-0.39, 0.29) is 11.6 Å². The van der Waals surface area contributed by atoms with Gasteiger partial charge in [0.1, 0.15) is 0 Å². The molecule has 0 aliphatic carbocycles. The van der Waals surface area contributed by atoms with E-state index < -0.39 is 0 Å². The normalized spacial score (nSPS) is 12.0. The first kappa shape index (κ1) is 16.7. The summed E-state index contributed by atoms with van der Waals surface area (Å²) in [5.74, 6) is 0.332. The molecule has 0 unspecified atom stereocenters. The van der Waals surface area contributed by atoms with Gasteiger partial charge in [0.15, 0.2) is 11.6 Å². The Morgan fingerprint density at radius 2 is 2.10 bits per heavy atom. The van der Waals surface area contributed by atoms with Crippen LogP contribution in [-0.4, -0.2) is 33.9 Å². The Hall–Kier alpha value is -1.39. The van der Waals surface area contributed by atoms with E-state index in [0.717, 1.165) is 18.7 Å². The average Bonchev–Trinajstić information content (AvgIpc) is 2.42. The number of halogens is 1. The van der Waals surface area contributed by atoms with E-state index in [1.54, 1.807) is 13.2 Å². The van der Waals surface area contributed by atoms with Gasteiger partial charge in [-0.05, 0) is 23.6 Å². The van der Waals surface area contributed by atoms with E-state index in [2.05, 4.69) is 19.2 Å². The number of methoxy groups -OCH3 is 2. The zero-order valence-corrected chi connectivity index (χ0v) is 12.7. The van der Waals surface area contributed by atoms with Crippen molar-refractivity contribution in [2.45, 2.75) is 13.8 Å². The smallest absolute Gasteiger partial charge is 0.165 e. The van der Waals surface area contributed by atoms with Gasteiger partial charge >= 0.3 is 0 Å². The highest BCUT2D eigenvalue weighted by Crippen LogP contribution is 2.20. The van der Waals surface area contributed by atoms with Crippen molar-refractivity contribution >= 4 is 6.08 Å². The zero-order valence-electron chi connectivity index (χ0n) is 12.7. The molecule has 0 aliphatic heterocycles. The van der Waals surface area contributed by atoms with Crippen LogP contribution < -0.4 is 10.1 Å². The SMILES string of the molecule is COCCNCC(=Cc1ccc(OC)c(F)c1)C(C)C. The van der Waals surface area contributed by atoms with Crippen molar-refractivity contribution in [2.75, 3.05) is 33.9 Å². The van der Waals surface area contributed by atoms with Gasteiger partial charge in [-0.25, -0.2) is 4.39 Å². The van der Waals surface area contributed by atoms with Crippen molar-refractivity contribution < 1.29 is 13.9 Å². The summed E-state index contributed by atoms with van der Waals surface area (Å²) >= 11 is 0. The molecular weight excluding hydrogens is 257 g/mol. The fraction of sp³-hybridized carbons (Fsp3) is 0.500. The zero-order chi connectivity index (χ0) is 15.0. The Labute approximate surface area is 120 Å². The maximum Gasteiger partial charge on any atom is 0.165 e. The quantitative estimate of drug-likeness (QED) is 0.743. The van der Waals surface area contributed by atoms with Gasteiger partial charge in [0.25, 0.3) is 0 Å². The lowest BCUT2D eigenvalue weighted by Crippen LogP contribution is -2.23. The van der Waals surface area contributed by atoms with E-state index in [0.29, 0.717) is 12.5 Å². The van der Waals surface area contributed by atoms with Gasteiger partial charge in [-0.2, -0.15) is 0 Å². The lowest BCUT2D eigenvalue weighted by molar-refractivity contribution is 0.200. The number of rotatable bonds is 8. The van der Waals surface area contributed by atoms with Gasteiger partial charge in [0.2, 0.25) is 0 Å². The summed E-state index contributed by atoms with van der Waals surface area (Å²) in [6.07, 6.45) is 2.02. The van der Waals surface area contributed by atoms with Crippen LogP contribution in [0.4, 0.5) is 4.39 Å². The maximum atomic E-state index is 13.7. The van der Waals surface area contributed by atoms with Gasteiger partial charge in [0.05, 0.1) is 13.7 Å². The molecular formula is C16H24FNO2. The van der Waals surface area contributed by atoms with Crippen molar-refractivity contribution in [3.63, 3.8) is 0 Å². The van der Waals surface area contributed by atoms with Gasteiger partial charge < -0.3 is 14.8 Å². The van der Waals surface area contributed by atoms with E-state index in [4.69, 9.17) is 9.47 Å². The highest BCUT2D eigenvalue weighted by Gasteiger charge is 2.06. The third-order valence-electron chi connectivity index (χ3n) is 3.08. The average molecular weight is 281 g/mol. The molecule has 0 aromatic heterocycles. The molecule has 0 amide bonds. The van der Waals surface area contributed by atoms with Crippen molar-refractivity contribution in [2.24, 2.45) is 5.92 Å². The summed E-state index contributed by atoms with van der Waals surface area (Å²) in [7, 11) is 3.15. The molecule has 0 aliphatic rings. The number of hydrogen-bond acceptors (Lipinski definition) is 3. The molecule has 0 spiro atoms. The molecule has 3 nitrogen and oxygen atoms in total. The van der Waals surface area contributed by atoms with E-state index in [1.807, 2.05) is 12.1 Å². The maximum absolute atomic E-state index is 13.7. The summed E-state index contributed by atoms with van der Waals surface area (Å²) in [6.45, 7) is 6.52. The van der Waals surface area contributed by atoms with Crippen LogP contribution in [-0.2, 0) is 4.74 Å². The Morgan fingerprint density at radius 3 is 2.65 bits per heavy atom. The Kier molecular flexibility index (Phi) is 7.26. The molecule has 0 atom stereocenters. The minimum absolute atomic E-state index is 0.270. The Balaban J connectivity index is 2.77. The van der Waals surface area contributed by atoms with Crippen LogP contribution in [0, 0.1) is 11.7 Å². The van der Waals surface area contributed by atoms with Gasteiger partial charge in [-0.1, -0.05) is 31.6 Å². The molecule has 20 heavy (non-hydrogen) atoms. The largest absolute Gasteiger partial charge is 0.494 e. The first-order valence-corrected chi connectivity index (χ1v) is 6.82. The number of hydrogen-bond donors (Lipinski definition) is 1. The molecule has 0 fully saturated rings. The fourth-order valence-corrected chi connectivity index (χ4v) is 1.82. The predicted octanol–water partition coefficient (Wildman–Crippen LogP) is 3.11. The van der Waals surface area contributed by atoms with Crippen LogP contribution in [0.5, 0.6) is 5.75 Å². The second-order valence-corrected chi connectivity index (χ2v) is 4.94. The van der Waals surface area contributed by atoms with Gasteiger partial charge in [-0.3, -0.25) is 0 Å². The van der Waals surface area contributed by atoms with E-state index in [1.165, 1.54) is 18.7 Å². The van der Waals surface area contributed by atoms with Crippen molar-refractivity contribution in [1.82, 2.24) is 5.32 Å².